The van der Waals surface area contributed by atoms with Crippen LogP contribution >= 0.6 is 12.4 Å². The van der Waals surface area contributed by atoms with E-state index in [1.807, 2.05) is 18.2 Å². The molecule has 0 aliphatic carbocycles. The lowest BCUT2D eigenvalue weighted by atomic mass is 10.1. The fourth-order valence-electron chi connectivity index (χ4n) is 2.22. The van der Waals surface area contributed by atoms with Crippen LogP contribution in [-0.4, -0.2) is 38.3 Å². The summed E-state index contributed by atoms with van der Waals surface area (Å²) in [5.74, 6) is 0.824. The Morgan fingerprint density at radius 2 is 2.26 bits per heavy atom. The molecule has 1 amide bonds. The lowest BCUT2D eigenvalue weighted by Gasteiger charge is -2.22. The first-order valence-corrected chi connectivity index (χ1v) is 6.22. The maximum absolute atomic E-state index is 12.0. The van der Waals surface area contributed by atoms with Crippen molar-refractivity contribution in [2.24, 2.45) is 0 Å². The molecule has 1 unspecified atom stereocenters. The van der Waals surface area contributed by atoms with Gasteiger partial charge in [-0.25, -0.2) is 0 Å². The van der Waals surface area contributed by atoms with E-state index in [-0.39, 0.29) is 18.3 Å². The minimum atomic E-state index is -0.400. The van der Waals surface area contributed by atoms with Gasteiger partial charge in [-0.15, -0.1) is 12.4 Å². The van der Waals surface area contributed by atoms with Crippen LogP contribution in [0.2, 0.25) is 0 Å². The number of hydrogen-bond donors (Lipinski definition) is 2. The molecular weight excluding hydrogens is 268 g/mol. The van der Waals surface area contributed by atoms with Gasteiger partial charge in [0.15, 0.2) is 0 Å². The molecule has 0 spiro atoms. The van der Waals surface area contributed by atoms with E-state index in [4.69, 9.17) is 9.47 Å². The second-order valence-electron chi connectivity index (χ2n) is 4.47. The third-order valence-corrected chi connectivity index (χ3v) is 3.18. The van der Waals surface area contributed by atoms with Crippen LogP contribution in [0.5, 0.6) is 5.75 Å². The molecule has 6 heteroatoms. The smallest absolute Gasteiger partial charge is 0.254 e. The minimum Gasteiger partial charge on any atom is -0.493 e. The van der Waals surface area contributed by atoms with Gasteiger partial charge in [0.05, 0.1) is 13.2 Å². The zero-order chi connectivity index (χ0) is 12.4. The Hall–Kier alpha value is -1.30. The van der Waals surface area contributed by atoms with Gasteiger partial charge in [0.1, 0.15) is 11.9 Å². The number of hydrogen-bond acceptors (Lipinski definition) is 4. The van der Waals surface area contributed by atoms with Crippen LogP contribution in [0, 0.1) is 0 Å². The maximum atomic E-state index is 12.0. The van der Waals surface area contributed by atoms with Gasteiger partial charge >= 0.3 is 0 Å². The molecule has 0 radical (unpaired) electrons. The van der Waals surface area contributed by atoms with E-state index in [1.54, 1.807) is 0 Å². The number of anilines is 1. The van der Waals surface area contributed by atoms with Crippen molar-refractivity contribution in [3.05, 3.63) is 23.8 Å². The Balaban J connectivity index is 0.00000133. The van der Waals surface area contributed by atoms with E-state index < -0.39 is 6.10 Å². The summed E-state index contributed by atoms with van der Waals surface area (Å²) < 4.78 is 10.8. The Labute approximate surface area is 118 Å². The molecule has 5 nitrogen and oxygen atoms in total. The van der Waals surface area contributed by atoms with E-state index in [1.165, 1.54) is 0 Å². The van der Waals surface area contributed by atoms with Crippen LogP contribution in [0.3, 0.4) is 0 Å². The van der Waals surface area contributed by atoms with Crippen LogP contribution in [-0.2, 0) is 16.0 Å². The number of benzene rings is 1. The van der Waals surface area contributed by atoms with Crippen molar-refractivity contribution in [2.75, 3.05) is 31.6 Å². The third-order valence-electron chi connectivity index (χ3n) is 3.18. The predicted molar refractivity (Wildman–Crippen MR) is 74.1 cm³/mol. The quantitative estimate of drug-likeness (QED) is 0.850. The molecule has 1 aromatic carbocycles. The van der Waals surface area contributed by atoms with E-state index >= 15 is 0 Å². The number of halogens is 1. The van der Waals surface area contributed by atoms with Crippen molar-refractivity contribution < 1.29 is 14.3 Å². The lowest BCUT2D eigenvalue weighted by Crippen LogP contribution is -2.45. The summed E-state index contributed by atoms with van der Waals surface area (Å²) in [5.41, 5.74) is 1.95. The van der Waals surface area contributed by atoms with Crippen LogP contribution in [0.1, 0.15) is 5.56 Å². The van der Waals surface area contributed by atoms with Gasteiger partial charge in [-0.2, -0.15) is 0 Å². The average Bonchev–Trinajstić information content (AvgIpc) is 2.87. The first-order chi connectivity index (χ1) is 8.83. The SMILES string of the molecule is Cl.O=C(Nc1ccc2c(c1)CCO2)C1CNCCO1. The third kappa shape index (κ3) is 3.18. The number of fused-ring (bicyclic) bond motifs is 1. The molecule has 2 aliphatic rings. The van der Waals surface area contributed by atoms with Crippen LogP contribution in [0.25, 0.3) is 0 Å². The van der Waals surface area contributed by atoms with Gasteiger partial charge in [0.2, 0.25) is 0 Å². The monoisotopic (exact) mass is 284 g/mol. The van der Waals surface area contributed by atoms with Gasteiger partial charge in [-0.3, -0.25) is 4.79 Å². The Bertz CT molecular complexity index is 461. The molecule has 1 fully saturated rings. The molecule has 0 bridgehead atoms. The largest absolute Gasteiger partial charge is 0.493 e. The van der Waals surface area contributed by atoms with E-state index in [0.29, 0.717) is 13.2 Å². The second-order valence-corrected chi connectivity index (χ2v) is 4.47. The summed E-state index contributed by atoms with van der Waals surface area (Å²) in [6, 6.07) is 5.73. The second kappa shape index (κ2) is 6.23. The predicted octanol–water partition coefficient (Wildman–Crippen LogP) is 0.970. The van der Waals surface area contributed by atoms with Crippen molar-refractivity contribution >= 4 is 24.0 Å². The van der Waals surface area contributed by atoms with Gasteiger partial charge in [0.25, 0.3) is 5.91 Å². The molecule has 0 aromatic heterocycles. The highest BCUT2D eigenvalue weighted by molar-refractivity contribution is 5.94. The molecule has 2 N–H and O–H groups in total. The molecule has 0 saturated carbocycles. The van der Waals surface area contributed by atoms with Crippen molar-refractivity contribution in [3.63, 3.8) is 0 Å². The van der Waals surface area contributed by atoms with E-state index in [9.17, 15) is 4.79 Å². The molecular formula is C13H17ClN2O3. The lowest BCUT2D eigenvalue weighted by molar-refractivity contribution is -0.128. The molecule has 1 atom stereocenters. The van der Waals surface area contributed by atoms with Crippen LogP contribution in [0.4, 0.5) is 5.69 Å². The van der Waals surface area contributed by atoms with Gasteiger partial charge in [0, 0.05) is 25.2 Å². The first-order valence-electron chi connectivity index (χ1n) is 6.22. The van der Waals surface area contributed by atoms with Crippen LogP contribution < -0.4 is 15.4 Å². The molecule has 2 heterocycles. The standard InChI is InChI=1S/C13H16N2O3.ClH/c16-13(12-8-14-4-6-18-12)15-10-1-2-11-9(7-10)3-5-17-11;/h1-2,7,12,14H,3-6,8H2,(H,15,16);1H. The molecule has 1 saturated heterocycles. The zero-order valence-electron chi connectivity index (χ0n) is 10.5. The Kier molecular flexibility index (Phi) is 4.63. The van der Waals surface area contributed by atoms with Crippen LogP contribution in [0.15, 0.2) is 18.2 Å². The Morgan fingerprint density at radius 1 is 1.37 bits per heavy atom. The summed E-state index contributed by atoms with van der Waals surface area (Å²) in [6.45, 7) is 2.68. The topological polar surface area (TPSA) is 59.6 Å². The van der Waals surface area contributed by atoms with Gasteiger partial charge < -0.3 is 20.1 Å². The van der Waals surface area contributed by atoms with Gasteiger partial charge in [-0.1, -0.05) is 0 Å². The maximum Gasteiger partial charge on any atom is 0.254 e. The Morgan fingerprint density at radius 3 is 3.05 bits per heavy atom. The number of rotatable bonds is 2. The minimum absolute atomic E-state index is 0. The summed E-state index contributed by atoms with van der Waals surface area (Å²) in [5, 5.41) is 6.02. The van der Waals surface area contributed by atoms with E-state index in [2.05, 4.69) is 10.6 Å². The zero-order valence-corrected chi connectivity index (χ0v) is 11.3. The highest BCUT2D eigenvalue weighted by atomic mass is 35.5. The number of amides is 1. The number of ether oxygens (including phenoxy) is 2. The highest BCUT2D eigenvalue weighted by Crippen LogP contribution is 2.27. The first kappa shape index (κ1) is 14.1. The van der Waals surface area contributed by atoms with E-state index in [0.717, 1.165) is 36.6 Å². The molecule has 104 valence electrons. The van der Waals surface area contributed by atoms with Crippen molar-refractivity contribution in [3.8, 4) is 5.75 Å². The molecule has 1 aromatic rings. The number of carbonyl (C=O) groups is 1. The van der Waals surface area contributed by atoms with Crippen molar-refractivity contribution in [2.45, 2.75) is 12.5 Å². The summed E-state index contributed by atoms with van der Waals surface area (Å²) in [7, 11) is 0. The van der Waals surface area contributed by atoms with Crippen molar-refractivity contribution in [1.29, 1.82) is 0 Å². The van der Waals surface area contributed by atoms with Gasteiger partial charge in [-0.05, 0) is 23.8 Å². The molecule has 2 aliphatic heterocycles. The fraction of sp³-hybridized carbons (Fsp3) is 0.462. The summed E-state index contributed by atoms with van der Waals surface area (Å²) in [4.78, 5) is 12.0. The number of nitrogens with one attached hydrogen (secondary N) is 2. The molecule has 19 heavy (non-hydrogen) atoms. The average molecular weight is 285 g/mol. The summed E-state index contributed by atoms with van der Waals surface area (Å²) in [6.07, 6.45) is 0.504. The summed E-state index contributed by atoms with van der Waals surface area (Å²) >= 11 is 0. The number of morpholine rings is 1. The molecule has 3 rings (SSSR count). The number of carbonyl (C=O) groups excluding carboxylic acids is 1. The normalized spacial score (nSPS) is 20.9. The fourth-order valence-corrected chi connectivity index (χ4v) is 2.22. The highest BCUT2D eigenvalue weighted by Gasteiger charge is 2.22. The van der Waals surface area contributed by atoms with Crippen molar-refractivity contribution in [1.82, 2.24) is 5.32 Å².